The molecule has 5 heteroatoms. The van der Waals surface area contributed by atoms with E-state index in [9.17, 15) is 13.0 Å². The van der Waals surface area contributed by atoms with Crippen molar-refractivity contribution in [3.63, 3.8) is 0 Å². The maximum atomic E-state index is 11.1. The summed E-state index contributed by atoms with van der Waals surface area (Å²) in [6, 6.07) is 20.6. The monoisotopic (exact) mass is 360 g/mol. The van der Waals surface area contributed by atoms with Crippen LogP contribution in [0.15, 0.2) is 71.6 Å². The summed E-state index contributed by atoms with van der Waals surface area (Å²) in [6.07, 6.45) is 0. The smallest absolute Gasteiger partial charge is 0.744 e. The number of benzene rings is 3. The van der Waals surface area contributed by atoms with Gasteiger partial charge in [0.15, 0.2) is 0 Å². The Kier molecular flexibility index (Phi) is 6.25. The van der Waals surface area contributed by atoms with Gasteiger partial charge in [-0.2, -0.15) is 0 Å². The minimum Gasteiger partial charge on any atom is -0.744 e. The summed E-state index contributed by atoms with van der Waals surface area (Å²) >= 11 is 0. The van der Waals surface area contributed by atoms with Crippen molar-refractivity contribution in [1.82, 2.24) is 0 Å². The fourth-order valence-corrected chi connectivity index (χ4v) is 3.13. The normalized spacial score (nSPS) is 11.0. The first-order valence-electron chi connectivity index (χ1n) is 7.58. The van der Waals surface area contributed by atoms with Gasteiger partial charge < -0.3 is 4.55 Å². The molecule has 3 aromatic carbocycles. The second-order valence-electron chi connectivity index (χ2n) is 5.87. The standard InChI is InChI=1S/C20H18O3S.Na/c1-14-3-6-16(7-4-14)18-8-5-15(2)20(13-18)17-9-11-19(12-10-17)24(21,22)23;/h3-13H,1-2H3,(H,21,22,23);/q;+1/p-1. The molecule has 3 nitrogen and oxygen atoms in total. The molecule has 0 aromatic heterocycles. The van der Waals surface area contributed by atoms with Crippen LogP contribution < -0.4 is 29.6 Å². The summed E-state index contributed by atoms with van der Waals surface area (Å²) in [4.78, 5) is -0.210. The van der Waals surface area contributed by atoms with Gasteiger partial charge in [-0.3, -0.25) is 0 Å². The number of hydrogen-bond donors (Lipinski definition) is 0. The minimum absolute atomic E-state index is 0. The average Bonchev–Trinajstić information content (AvgIpc) is 2.55. The topological polar surface area (TPSA) is 57.2 Å². The van der Waals surface area contributed by atoms with Gasteiger partial charge in [0.2, 0.25) is 0 Å². The van der Waals surface area contributed by atoms with Gasteiger partial charge in [-0.25, -0.2) is 8.42 Å². The quantitative estimate of drug-likeness (QED) is 0.526. The Morgan fingerprint density at radius 1 is 0.720 bits per heavy atom. The molecule has 0 amide bonds. The fourth-order valence-electron chi connectivity index (χ4n) is 2.66. The van der Waals surface area contributed by atoms with Crippen LogP contribution in [0.3, 0.4) is 0 Å². The fraction of sp³-hybridized carbons (Fsp3) is 0.100. The third-order valence-corrected chi connectivity index (χ3v) is 4.93. The molecule has 122 valence electrons. The molecule has 0 N–H and O–H groups in total. The largest absolute Gasteiger partial charge is 1.00 e. The zero-order chi connectivity index (χ0) is 17.3. The summed E-state index contributed by atoms with van der Waals surface area (Å²) in [5, 5.41) is 0. The molecule has 0 unspecified atom stereocenters. The van der Waals surface area contributed by atoms with Crippen molar-refractivity contribution in [3.05, 3.63) is 77.9 Å². The van der Waals surface area contributed by atoms with Gasteiger partial charge in [0.05, 0.1) is 4.90 Å². The molecule has 0 aliphatic rings. The maximum Gasteiger partial charge on any atom is 1.00 e. The molecule has 25 heavy (non-hydrogen) atoms. The molecule has 3 aromatic rings. The first-order valence-corrected chi connectivity index (χ1v) is 8.99. The van der Waals surface area contributed by atoms with Gasteiger partial charge in [0.1, 0.15) is 10.1 Å². The first-order chi connectivity index (χ1) is 11.3. The van der Waals surface area contributed by atoms with Crippen molar-refractivity contribution in [3.8, 4) is 22.3 Å². The van der Waals surface area contributed by atoms with E-state index in [1.165, 1.54) is 17.7 Å². The third kappa shape index (κ3) is 4.60. The van der Waals surface area contributed by atoms with Crippen LogP contribution in [0.25, 0.3) is 22.3 Å². The van der Waals surface area contributed by atoms with Gasteiger partial charge in [-0.15, -0.1) is 0 Å². The van der Waals surface area contributed by atoms with Crippen LogP contribution in [0.2, 0.25) is 0 Å². The maximum absolute atomic E-state index is 11.1. The summed E-state index contributed by atoms with van der Waals surface area (Å²) in [5.41, 5.74) is 6.41. The predicted molar refractivity (Wildman–Crippen MR) is 94.8 cm³/mol. The molecule has 0 radical (unpaired) electrons. The van der Waals surface area contributed by atoms with E-state index >= 15 is 0 Å². The van der Waals surface area contributed by atoms with Crippen molar-refractivity contribution < 1.29 is 42.5 Å². The Morgan fingerprint density at radius 3 is 1.80 bits per heavy atom. The zero-order valence-electron chi connectivity index (χ0n) is 14.5. The molecule has 0 fully saturated rings. The number of hydrogen-bond acceptors (Lipinski definition) is 3. The van der Waals surface area contributed by atoms with E-state index in [0.717, 1.165) is 27.8 Å². The second-order valence-corrected chi connectivity index (χ2v) is 7.25. The summed E-state index contributed by atoms with van der Waals surface area (Å²) in [5.74, 6) is 0. The van der Waals surface area contributed by atoms with Gasteiger partial charge in [-0.05, 0) is 59.9 Å². The Labute approximate surface area is 170 Å². The van der Waals surface area contributed by atoms with Crippen molar-refractivity contribution in [1.29, 1.82) is 0 Å². The van der Waals surface area contributed by atoms with Gasteiger partial charge >= 0.3 is 29.6 Å². The Bertz CT molecular complexity index is 976. The summed E-state index contributed by atoms with van der Waals surface area (Å²) in [6.45, 7) is 4.06. The third-order valence-electron chi connectivity index (χ3n) is 4.08. The van der Waals surface area contributed by atoms with Gasteiger partial charge in [-0.1, -0.05) is 54.1 Å². The molecule has 0 aliphatic carbocycles. The van der Waals surface area contributed by atoms with Crippen LogP contribution in [0, 0.1) is 13.8 Å². The molecule has 0 heterocycles. The first kappa shape index (κ1) is 19.9. The molecule has 3 rings (SSSR count). The van der Waals surface area contributed by atoms with Crippen LogP contribution in [0.5, 0.6) is 0 Å². The van der Waals surface area contributed by atoms with Crippen molar-refractivity contribution in [2.75, 3.05) is 0 Å². The average molecular weight is 360 g/mol. The molecule has 0 saturated carbocycles. The van der Waals surface area contributed by atoms with Crippen LogP contribution in [-0.2, 0) is 10.1 Å². The van der Waals surface area contributed by atoms with Crippen molar-refractivity contribution in [2.45, 2.75) is 18.7 Å². The SMILES string of the molecule is Cc1ccc(-c2ccc(C)c(-c3ccc(S(=O)(=O)[O-])cc3)c2)cc1.[Na+]. The van der Waals surface area contributed by atoms with E-state index in [1.54, 1.807) is 12.1 Å². The molecule has 0 aliphatic heterocycles. The van der Waals surface area contributed by atoms with Crippen LogP contribution in [0.1, 0.15) is 11.1 Å². The van der Waals surface area contributed by atoms with E-state index < -0.39 is 10.1 Å². The predicted octanol–water partition coefficient (Wildman–Crippen LogP) is 1.55. The molecule has 0 spiro atoms. The Morgan fingerprint density at radius 2 is 1.24 bits per heavy atom. The molecule has 0 bridgehead atoms. The van der Waals surface area contributed by atoms with Crippen LogP contribution in [0.4, 0.5) is 0 Å². The minimum atomic E-state index is -4.42. The number of rotatable bonds is 3. The summed E-state index contributed by atoms with van der Waals surface area (Å²) in [7, 11) is -4.42. The van der Waals surface area contributed by atoms with E-state index in [0.29, 0.717) is 0 Å². The molecule has 0 saturated heterocycles. The van der Waals surface area contributed by atoms with E-state index in [-0.39, 0.29) is 34.5 Å². The number of aryl methyl sites for hydroxylation is 2. The van der Waals surface area contributed by atoms with Crippen LogP contribution in [-0.4, -0.2) is 13.0 Å². The van der Waals surface area contributed by atoms with E-state index in [2.05, 4.69) is 43.3 Å². The van der Waals surface area contributed by atoms with Crippen molar-refractivity contribution in [2.24, 2.45) is 0 Å². The zero-order valence-corrected chi connectivity index (χ0v) is 17.3. The van der Waals surface area contributed by atoms with Gasteiger partial charge in [0, 0.05) is 0 Å². The van der Waals surface area contributed by atoms with Gasteiger partial charge in [0.25, 0.3) is 0 Å². The Hall–Kier alpha value is -1.43. The molecular formula is C20H17NaO3S. The summed E-state index contributed by atoms with van der Waals surface area (Å²) < 4.78 is 33.2. The van der Waals surface area contributed by atoms with Crippen molar-refractivity contribution >= 4 is 10.1 Å². The van der Waals surface area contributed by atoms with Crippen LogP contribution >= 0.6 is 0 Å². The molecular weight excluding hydrogens is 343 g/mol. The molecule has 0 atom stereocenters. The van der Waals surface area contributed by atoms with E-state index in [4.69, 9.17) is 0 Å². The second kappa shape index (κ2) is 7.85. The van der Waals surface area contributed by atoms with E-state index in [1.807, 2.05) is 13.0 Å². The Balaban J connectivity index is 0.00000225.